The Bertz CT molecular complexity index is 640. The number of aryl methyl sites for hydroxylation is 2. The van der Waals surface area contributed by atoms with Crippen molar-refractivity contribution in [3.8, 4) is 5.75 Å². The van der Waals surface area contributed by atoms with E-state index in [1.54, 1.807) is 4.68 Å². The summed E-state index contributed by atoms with van der Waals surface area (Å²) in [6.07, 6.45) is 4.63. The van der Waals surface area contributed by atoms with E-state index in [4.69, 9.17) is 4.74 Å². The van der Waals surface area contributed by atoms with Crippen molar-refractivity contribution in [2.24, 2.45) is 7.05 Å². The second-order valence-corrected chi connectivity index (χ2v) is 6.31. The Morgan fingerprint density at radius 1 is 1.41 bits per heavy atom. The Kier molecular flexibility index (Phi) is 4.18. The Hall–Kier alpha value is -1.85. The summed E-state index contributed by atoms with van der Waals surface area (Å²) in [5, 5.41) is 14.9. The van der Waals surface area contributed by atoms with Crippen molar-refractivity contribution in [2.75, 3.05) is 19.7 Å². The van der Waals surface area contributed by atoms with Gasteiger partial charge in [0.05, 0.1) is 6.20 Å². The van der Waals surface area contributed by atoms with Gasteiger partial charge in [-0.2, -0.15) is 5.10 Å². The summed E-state index contributed by atoms with van der Waals surface area (Å²) in [5.74, 6) is 0.819. The summed E-state index contributed by atoms with van der Waals surface area (Å²) in [6, 6.07) is 7.93. The molecule has 3 rings (SSSR count). The monoisotopic (exact) mass is 301 g/mol. The number of aliphatic hydroxyl groups is 1. The first-order valence-electron chi connectivity index (χ1n) is 7.64. The predicted molar refractivity (Wildman–Crippen MR) is 84.7 cm³/mol. The third kappa shape index (κ3) is 3.67. The van der Waals surface area contributed by atoms with Crippen LogP contribution in [0.1, 0.15) is 17.5 Å². The van der Waals surface area contributed by atoms with E-state index in [0.717, 1.165) is 30.8 Å². The van der Waals surface area contributed by atoms with Crippen molar-refractivity contribution >= 4 is 0 Å². The Labute approximate surface area is 131 Å². The Balaban J connectivity index is 1.54. The molecule has 1 aromatic carbocycles. The lowest BCUT2D eigenvalue weighted by molar-refractivity contribution is 0.00336. The fourth-order valence-corrected chi connectivity index (χ4v) is 2.93. The number of likely N-dealkylation sites (tertiary alicyclic amines) is 1. The lowest BCUT2D eigenvalue weighted by Crippen LogP contribution is -2.39. The van der Waals surface area contributed by atoms with Gasteiger partial charge >= 0.3 is 0 Å². The number of benzene rings is 1. The molecule has 1 atom stereocenters. The van der Waals surface area contributed by atoms with Crippen LogP contribution in [0.3, 0.4) is 0 Å². The van der Waals surface area contributed by atoms with E-state index >= 15 is 0 Å². The second kappa shape index (κ2) is 6.10. The molecule has 2 heterocycles. The lowest BCUT2D eigenvalue weighted by Gasteiger charge is -2.23. The summed E-state index contributed by atoms with van der Waals surface area (Å²) >= 11 is 0. The minimum absolute atomic E-state index is 0.333. The first-order valence-corrected chi connectivity index (χ1v) is 7.64. The van der Waals surface area contributed by atoms with E-state index in [9.17, 15) is 5.11 Å². The van der Waals surface area contributed by atoms with Crippen molar-refractivity contribution in [1.29, 1.82) is 0 Å². The van der Waals surface area contributed by atoms with Crippen molar-refractivity contribution < 1.29 is 9.84 Å². The summed E-state index contributed by atoms with van der Waals surface area (Å²) in [6.45, 7) is 4.70. The fourth-order valence-electron chi connectivity index (χ4n) is 2.93. The van der Waals surface area contributed by atoms with Gasteiger partial charge in [-0.05, 0) is 31.0 Å². The van der Waals surface area contributed by atoms with Crippen molar-refractivity contribution in [3.63, 3.8) is 0 Å². The van der Waals surface area contributed by atoms with Crippen molar-refractivity contribution in [3.05, 3.63) is 47.8 Å². The van der Waals surface area contributed by atoms with Crippen LogP contribution in [-0.2, 0) is 13.6 Å². The highest BCUT2D eigenvalue weighted by Gasteiger charge is 2.36. The van der Waals surface area contributed by atoms with Gasteiger partial charge in [0.2, 0.25) is 0 Å². The number of hydrogen-bond acceptors (Lipinski definition) is 4. The smallest absolute Gasteiger partial charge is 0.119 e. The summed E-state index contributed by atoms with van der Waals surface area (Å²) in [4.78, 5) is 2.25. The number of ether oxygens (including phenoxy) is 1. The van der Waals surface area contributed by atoms with Crippen LogP contribution in [-0.4, -0.2) is 45.1 Å². The molecule has 0 unspecified atom stereocenters. The van der Waals surface area contributed by atoms with E-state index in [2.05, 4.69) is 10.00 Å². The van der Waals surface area contributed by atoms with Crippen LogP contribution in [0.4, 0.5) is 0 Å². The van der Waals surface area contributed by atoms with Crippen molar-refractivity contribution in [2.45, 2.75) is 25.5 Å². The summed E-state index contributed by atoms with van der Waals surface area (Å²) in [5.41, 5.74) is 1.56. The summed E-state index contributed by atoms with van der Waals surface area (Å²) < 4.78 is 7.59. The van der Waals surface area contributed by atoms with Gasteiger partial charge in [-0.3, -0.25) is 9.58 Å². The highest BCUT2D eigenvalue weighted by Crippen LogP contribution is 2.24. The van der Waals surface area contributed by atoms with Crippen LogP contribution in [0.2, 0.25) is 0 Å². The molecule has 0 bridgehead atoms. The van der Waals surface area contributed by atoms with Gasteiger partial charge in [-0.1, -0.05) is 12.1 Å². The third-order valence-corrected chi connectivity index (χ3v) is 4.07. The number of rotatable bonds is 5. The molecule has 1 N–H and O–H groups in total. The SMILES string of the molecule is Cc1cccc(OC[C@@]2(O)CCN(Cc3cnn(C)c3)C2)c1. The Morgan fingerprint density at radius 3 is 3.00 bits per heavy atom. The third-order valence-electron chi connectivity index (χ3n) is 4.07. The van der Waals surface area contributed by atoms with Crippen LogP contribution in [0.15, 0.2) is 36.7 Å². The average Bonchev–Trinajstić information content (AvgIpc) is 3.04. The lowest BCUT2D eigenvalue weighted by atomic mass is 10.1. The quantitative estimate of drug-likeness (QED) is 0.914. The molecule has 5 nitrogen and oxygen atoms in total. The van der Waals surface area contributed by atoms with Gasteiger partial charge in [0.1, 0.15) is 18.0 Å². The second-order valence-electron chi connectivity index (χ2n) is 6.31. The molecule has 22 heavy (non-hydrogen) atoms. The van der Waals surface area contributed by atoms with E-state index < -0.39 is 5.60 Å². The van der Waals surface area contributed by atoms with Gasteiger partial charge < -0.3 is 9.84 Å². The van der Waals surface area contributed by atoms with Gasteiger partial charge in [0, 0.05) is 38.4 Å². The molecule has 1 fully saturated rings. The van der Waals surface area contributed by atoms with Crippen LogP contribution in [0.25, 0.3) is 0 Å². The van der Waals surface area contributed by atoms with Gasteiger partial charge in [0.15, 0.2) is 0 Å². The molecule has 1 aliphatic rings. The molecular formula is C17H23N3O2. The molecule has 1 aliphatic heterocycles. The molecule has 0 aliphatic carbocycles. The van der Waals surface area contributed by atoms with E-state index in [1.807, 2.05) is 50.6 Å². The summed E-state index contributed by atoms with van der Waals surface area (Å²) in [7, 11) is 1.92. The minimum Gasteiger partial charge on any atom is -0.491 e. The maximum Gasteiger partial charge on any atom is 0.119 e. The number of nitrogens with zero attached hydrogens (tertiary/aromatic N) is 3. The molecule has 118 valence electrons. The molecule has 0 radical (unpaired) electrons. The zero-order valence-electron chi connectivity index (χ0n) is 13.2. The maximum absolute atomic E-state index is 10.7. The topological polar surface area (TPSA) is 50.5 Å². The standard InChI is InChI=1S/C17H23N3O2/c1-14-4-3-5-16(8-14)22-13-17(21)6-7-20(12-17)11-15-9-18-19(2)10-15/h3-5,8-10,21H,6-7,11-13H2,1-2H3/t17-/m1/s1. The molecular weight excluding hydrogens is 278 g/mol. The first-order chi connectivity index (χ1) is 10.5. The van der Waals surface area contributed by atoms with Gasteiger partial charge in [0.25, 0.3) is 0 Å². The van der Waals surface area contributed by atoms with E-state index in [-0.39, 0.29) is 0 Å². The highest BCUT2D eigenvalue weighted by molar-refractivity contribution is 5.27. The molecule has 1 saturated heterocycles. The number of hydrogen-bond donors (Lipinski definition) is 1. The zero-order valence-corrected chi connectivity index (χ0v) is 13.2. The minimum atomic E-state index is -0.772. The Morgan fingerprint density at radius 2 is 2.27 bits per heavy atom. The number of β-amino-alcohol motifs (C(OH)–C–C–N with tert-alkyl or cyclic N) is 1. The molecule has 0 amide bonds. The molecule has 0 saturated carbocycles. The van der Waals surface area contributed by atoms with E-state index in [1.165, 1.54) is 5.56 Å². The van der Waals surface area contributed by atoms with Gasteiger partial charge in [-0.25, -0.2) is 0 Å². The highest BCUT2D eigenvalue weighted by atomic mass is 16.5. The van der Waals surface area contributed by atoms with Crippen LogP contribution >= 0.6 is 0 Å². The first kappa shape index (κ1) is 15.1. The molecule has 2 aromatic rings. The molecule has 5 heteroatoms. The van der Waals surface area contributed by atoms with Crippen LogP contribution in [0, 0.1) is 6.92 Å². The maximum atomic E-state index is 10.7. The van der Waals surface area contributed by atoms with Crippen molar-refractivity contribution in [1.82, 2.24) is 14.7 Å². The van der Waals surface area contributed by atoms with Crippen LogP contribution in [0.5, 0.6) is 5.75 Å². The number of aromatic nitrogens is 2. The molecule has 1 aromatic heterocycles. The zero-order chi connectivity index (χ0) is 15.6. The largest absolute Gasteiger partial charge is 0.491 e. The predicted octanol–water partition coefficient (Wildman–Crippen LogP) is 1.74. The van der Waals surface area contributed by atoms with Gasteiger partial charge in [-0.15, -0.1) is 0 Å². The van der Waals surface area contributed by atoms with E-state index in [0.29, 0.717) is 13.2 Å². The fraction of sp³-hybridized carbons (Fsp3) is 0.471. The average molecular weight is 301 g/mol. The van der Waals surface area contributed by atoms with Crippen LogP contribution < -0.4 is 4.74 Å². The normalized spacial score (nSPS) is 22.1. The molecule has 0 spiro atoms.